The number of rotatable bonds is 1. The van der Waals surface area contributed by atoms with Crippen molar-refractivity contribution < 1.29 is 0 Å². The van der Waals surface area contributed by atoms with E-state index in [4.69, 9.17) is 11.6 Å². The first-order chi connectivity index (χ1) is 7.84. The number of pyridine rings is 2. The van der Waals surface area contributed by atoms with Crippen molar-refractivity contribution in [3.05, 3.63) is 41.0 Å². The van der Waals surface area contributed by atoms with Gasteiger partial charge in [0.15, 0.2) is 5.65 Å². The molecule has 3 aromatic heterocycles. The zero-order valence-electron chi connectivity index (χ0n) is 8.09. The Hall–Kier alpha value is -1.52. The molecule has 16 heavy (non-hydrogen) atoms. The van der Waals surface area contributed by atoms with E-state index in [1.54, 1.807) is 29.8 Å². The van der Waals surface area contributed by atoms with Crippen LogP contribution < -0.4 is 0 Å². The van der Waals surface area contributed by atoms with Gasteiger partial charge in [0.1, 0.15) is 10.7 Å². The highest BCUT2D eigenvalue weighted by Gasteiger charge is 2.05. The lowest BCUT2D eigenvalue weighted by Crippen LogP contribution is -1.87. The van der Waals surface area contributed by atoms with Crippen LogP contribution in [0.15, 0.2) is 36.0 Å². The summed E-state index contributed by atoms with van der Waals surface area (Å²) >= 11 is 7.60. The van der Waals surface area contributed by atoms with Gasteiger partial charge >= 0.3 is 0 Å². The molecule has 0 aliphatic rings. The van der Waals surface area contributed by atoms with Crippen molar-refractivity contribution in [2.45, 2.75) is 0 Å². The van der Waals surface area contributed by atoms with Gasteiger partial charge in [0.2, 0.25) is 0 Å². The molecule has 0 aliphatic heterocycles. The number of hydrogen-bond donors (Lipinski definition) is 0. The third-order valence-electron chi connectivity index (χ3n) is 2.20. The lowest BCUT2D eigenvalue weighted by Gasteiger charge is -2.00. The Morgan fingerprint density at radius 1 is 1.06 bits per heavy atom. The zero-order chi connectivity index (χ0) is 11.0. The molecule has 0 saturated carbocycles. The summed E-state index contributed by atoms with van der Waals surface area (Å²) in [5.41, 5.74) is 1.48. The van der Waals surface area contributed by atoms with Crippen molar-refractivity contribution in [1.29, 1.82) is 0 Å². The Morgan fingerprint density at radius 3 is 2.81 bits per heavy atom. The predicted octanol–water partition coefficient (Wildman–Crippen LogP) is 3.41. The van der Waals surface area contributed by atoms with Gasteiger partial charge in [-0.15, -0.1) is 11.3 Å². The van der Waals surface area contributed by atoms with E-state index in [1.165, 1.54) is 0 Å². The van der Waals surface area contributed by atoms with E-state index in [-0.39, 0.29) is 0 Å². The first kappa shape index (κ1) is 9.69. The second-order valence-electron chi connectivity index (χ2n) is 3.20. The molecule has 0 saturated heterocycles. The van der Waals surface area contributed by atoms with Crippen LogP contribution >= 0.6 is 22.9 Å². The zero-order valence-corrected chi connectivity index (χ0v) is 9.66. The number of halogens is 1. The molecule has 3 rings (SSSR count). The molecule has 78 valence electrons. The smallest absolute Gasteiger partial charge is 0.161 e. The molecule has 3 nitrogen and oxygen atoms in total. The van der Waals surface area contributed by atoms with Crippen LogP contribution in [0.1, 0.15) is 0 Å². The minimum Gasteiger partial charge on any atom is -0.243 e. The van der Waals surface area contributed by atoms with Gasteiger partial charge in [-0.3, -0.25) is 0 Å². The number of aromatic nitrogens is 3. The third-order valence-corrected chi connectivity index (χ3v) is 3.33. The quantitative estimate of drug-likeness (QED) is 0.662. The van der Waals surface area contributed by atoms with E-state index in [1.807, 2.05) is 17.5 Å². The molecule has 0 bridgehead atoms. The van der Waals surface area contributed by atoms with Gasteiger partial charge < -0.3 is 0 Å². The van der Waals surface area contributed by atoms with Crippen LogP contribution in [0.2, 0.25) is 5.02 Å². The first-order valence-electron chi connectivity index (χ1n) is 4.66. The maximum atomic E-state index is 6.04. The van der Waals surface area contributed by atoms with E-state index in [2.05, 4.69) is 15.0 Å². The first-order valence-corrected chi connectivity index (χ1v) is 5.91. The number of nitrogens with zero attached hydrogens (tertiary/aromatic N) is 3. The Morgan fingerprint density at radius 2 is 2.00 bits per heavy atom. The molecule has 3 heterocycles. The van der Waals surface area contributed by atoms with Gasteiger partial charge in [0, 0.05) is 23.2 Å². The maximum Gasteiger partial charge on any atom is 0.161 e. The van der Waals surface area contributed by atoms with Crippen LogP contribution in [-0.2, 0) is 0 Å². The van der Waals surface area contributed by atoms with Gasteiger partial charge in [-0.05, 0) is 18.2 Å². The molecule has 0 aliphatic carbocycles. The van der Waals surface area contributed by atoms with Crippen molar-refractivity contribution in [2.24, 2.45) is 0 Å². The van der Waals surface area contributed by atoms with E-state index in [0.717, 1.165) is 16.1 Å². The van der Waals surface area contributed by atoms with Crippen molar-refractivity contribution in [2.75, 3.05) is 0 Å². The summed E-state index contributed by atoms with van der Waals surface area (Å²) in [5.74, 6) is 0. The summed E-state index contributed by atoms with van der Waals surface area (Å²) in [5, 5.41) is 4.35. The second-order valence-corrected chi connectivity index (χ2v) is 4.50. The minimum atomic E-state index is 0.653. The molecule has 0 atom stereocenters. The average molecular weight is 248 g/mol. The van der Waals surface area contributed by atoms with Crippen molar-refractivity contribution in [1.82, 2.24) is 15.0 Å². The summed E-state index contributed by atoms with van der Waals surface area (Å²) < 4.78 is 0. The monoisotopic (exact) mass is 247 g/mol. The molecule has 0 aromatic carbocycles. The largest absolute Gasteiger partial charge is 0.243 e. The summed E-state index contributed by atoms with van der Waals surface area (Å²) in [6.07, 6.45) is 3.42. The Labute approximate surface area is 101 Å². The van der Waals surface area contributed by atoms with Crippen LogP contribution in [0, 0.1) is 0 Å². The standard InChI is InChI=1S/C11H6ClN3S/c12-8-3-4-13-10-7(8)1-2-9(15-10)11-14-5-6-16-11/h1-6H. The highest BCUT2D eigenvalue weighted by Crippen LogP contribution is 2.25. The molecular weight excluding hydrogens is 242 g/mol. The van der Waals surface area contributed by atoms with E-state index < -0.39 is 0 Å². The van der Waals surface area contributed by atoms with Gasteiger partial charge in [0.05, 0.1) is 5.02 Å². The molecule has 3 aromatic rings. The van der Waals surface area contributed by atoms with Crippen molar-refractivity contribution >= 4 is 34.0 Å². The van der Waals surface area contributed by atoms with Crippen LogP contribution in [0.4, 0.5) is 0 Å². The second kappa shape index (κ2) is 3.81. The van der Waals surface area contributed by atoms with Crippen LogP contribution in [0.25, 0.3) is 21.7 Å². The summed E-state index contributed by atoms with van der Waals surface area (Å²) in [6, 6.07) is 5.60. The fourth-order valence-corrected chi connectivity index (χ4v) is 2.28. The Balaban J connectivity index is 2.24. The average Bonchev–Trinajstić information content (AvgIpc) is 2.82. The van der Waals surface area contributed by atoms with Gasteiger partial charge in [-0.25, -0.2) is 15.0 Å². The maximum absolute atomic E-state index is 6.04. The molecule has 5 heteroatoms. The summed E-state index contributed by atoms with van der Waals surface area (Å²) in [7, 11) is 0. The SMILES string of the molecule is Clc1ccnc2nc(-c3nccs3)ccc12. The van der Waals surface area contributed by atoms with E-state index in [0.29, 0.717) is 10.7 Å². The molecular formula is C11H6ClN3S. The minimum absolute atomic E-state index is 0.653. The molecule has 0 fully saturated rings. The Bertz CT molecular complexity index is 637. The number of hydrogen-bond acceptors (Lipinski definition) is 4. The van der Waals surface area contributed by atoms with Crippen molar-refractivity contribution in [3.63, 3.8) is 0 Å². The molecule has 0 spiro atoms. The Kier molecular flexibility index (Phi) is 2.31. The summed E-state index contributed by atoms with van der Waals surface area (Å²) in [4.78, 5) is 12.8. The highest BCUT2D eigenvalue weighted by molar-refractivity contribution is 7.13. The van der Waals surface area contributed by atoms with E-state index >= 15 is 0 Å². The lowest BCUT2D eigenvalue weighted by molar-refractivity contribution is 1.27. The fourth-order valence-electron chi connectivity index (χ4n) is 1.47. The van der Waals surface area contributed by atoms with E-state index in [9.17, 15) is 0 Å². The predicted molar refractivity (Wildman–Crippen MR) is 65.7 cm³/mol. The molecule has 0 unspecified atom stereocenters. The number of thiazole rings is 1. The number of fused-ring (bicyclic) bond motifs is 1. The molecule has 0 amide bonds. The fraction of sp³-hybridized carbons (Fsp3) is 0. The van der Waals surface area contributed by atoms with Crippen LogP contribution in [0.5, 0.6) is 0 Å². The highest BCUT2D eigenvalue weighted by atomic mass is 35.5. The van der Waals surface area contributed by atoms with Crippen LogP contribution in [0.3, 0.4) is 0 Å². The van der Waals surface area contributed by atoms with Gasteiger partial charge in [0.25, 0.3) is 0 Å². The van der Waals surface area contributed by atoms with Crippen LogP contribution in [-0.4, -0.2) is 15.0 Å². The third kappa shape index (κ3) is 1.56. The van der Waals surface area contributed by atoms with Gasteiger partial charge in [-0.1, -0.05) is 11.6 Å². The normalized spacial score (nSPS) is 10.8. The topological polar surface area (TPSA) is 38.7 Å². The molecule has 0 N–H and O–H groups in total. The summed E-state index contributed by atoms with van der Waals surface area (Å²) in [6.45, 7) is 0. The van der Waals surface area contributed by atoms with Gasteiger partial charge in [-0.2, -0.15) is 0 Å². The molecule has 0 radical (unpaired) electrons. The van der Waals surface area contributed by atoms with Crippen molar-refractivity contribution in [3.8, 4) is 10.7 Å². The lowest BCUT2D eigenvalue weighted by atomic mass is 10.2.